The van der Waals surface area contributed by atoms with Crippen LogP contribution in [0.15, 0.2) is 41.3 Å². The van der Waals surface area contributed by atoms with E-state index in [0.29, 0.717) is 5.56 Å². The molecule has 0 aromatic heterocycles. The van der Waals surface area contributed by atoms with Crippen molar-refractivity contribution in [2.75, 3.05) is 15.8 Å². The van der Waals surface area contributed by atoms with Crippen molar-refractivity contribution in [2.24, 2.45) is 0 Å². The van der Waals surface area contributed by atoms with Gasteiger partial charge >= 0.3 is 0 Å². The first-order valence-corrected chi connectivity index (χ1v) is 12.0. The van der Waals surface area contributed by atoms with Gasteiger partial charge in [0, 0.05) is 6.07 Å². The molecule has 2 atom stereocenters. The molecule has 2 aromatic rings. The van der Waals surface area contributed by atoms with Crippen molar-refractivity contribution >= 4 is 25.5 Å². The number of aliphatic hydroxyl groups excluding tert-OH is 1. The molecule has 28 heavy (non-hydrogen) atoms. The SMILES string of the molecule is Cc1cc(C)c(S(=O)(=O)N(c2cccc(O)c2)[C@H]2CS(=O)(=O)C[C@@H]2O)cc1C. The molecule has 0 bridgehead atoms. The maximum atomic E-state index is 13.6. The fourth-order valence-electron chi connectivity index (χ4n) is 3.49. The van der Waals surface area contributed by atoms with Crippen LogP contribution < -0.4 is 4.31 Å². The number of hydrogen-bond acceptors (Lipinski definition) is 6. The summed E-state index contributed by atoms with van der Waals surface area (Å²) in [7, 11) is -7.80. The molecule has 7 nitrogen and oxygen atoms in total. The van der Waals surface area contributed by atoms with Gasteiger partial charge < -0.3 is 10.2 Å². The van der Waals surface area contributed by atoms with E-state index >= 15 is 0 Å². The Labute approximate surface area is 165 Å². The minimum Gasteiger partial charge on any atom is -0.508 e. The molecular formula is C19H23NO6S2. The van der Waals surface area contributed by atoms with Crippen LogP contribution in [0.3, 0.4) is 0 Å². The number of aliphatic hydroxyl groups is 1. The number of phenolic OH excluding ortho intramolecular Hbond substituents is 1. The third kappa shape index (κ3) is 3.74. The van der Waals surface area contributed by atoms with Crippen LogP contribution in [0.4, 0.5) is 5.69 Å². The Morgan fingerprint density at radius 1 is 1.00 bits per heavy atom. The zero-order valence-corrected chi connectivity index (χ0v) is 17.5. The van der Waals surface area contributed by atoms with Crippen LogP contribution in [-0.2, 0) is 19.9 Å². The highest BCUT2D eigenvalue weighted by Gasteiger charge is 2.45. The number of aryl methyl sites for hydroxylation is 3. The lowest BCUT2D eigenvalue weighted by molar-refractivity contribution is 0.184. The fourth-order valence-corrected chi connectivity index (χ4v) is 7.32. The van der Waals surface area contributed by atoms with E-state index in [-0.39, 0.29) is 16.3 Å². The Hall–Kier alpha value is -2.10. The van der Waals surface area contributed by atoms with Crippen molar-refractivity contribution in [2.45, 2.75) is 37.8 Å². The second kappa shape index (κ2) is 7.06. The summed E-state index contributed by atoms with van der Waals surface area (Å²) in [6.07, 6.45) is -1.37. The molecule has 0 radical (unpaired) electrons. The third-order valence-electron chi connectivity index (χ3n) is 5.01. The summed E-state index contributed by atoms with van der Waals surface area (Å²) in [4.78, 5) is 0.0374. The molecule has 1 saturated heterocycles. The van der Waals surface area contributed by atoms with Crippen LogP contribution in [0, 0.1) is 20.8 Å². The van der Waals surface area contributed by atoms with Crippen molar-refractivity contribution in [3.63, 3.8) is 0 Å². The van der Waals surface area contributed by atoms with Gasteiger partial charge in [0.2, 0.25) is 0 Å². The van der Waals surface area contributed by atoms with Gasteiger partial charge in [-0.15, -0.1) is 0 Å². The Bertz CT molecular complexity index is 1130. The van der Waals surface area contributed by atoms with Crippen molar-refractivity contribution in [3.8, 4) is 5.75 Å². The molecule has 1 aliphatic rings. The van der Waals surface area contributed by atoms with Crippen LogP contribution in [-0.4, -0.2) is 50.7 Å². The number of phenols is 1. The van der Waals surface area contributed by atoms with Gasteiger partial charge in [0.15, 0.2) is 9.84 Å². The molecule has 3 rings (SSSR count). The van der Waals surface area contributed by atoms with E-state index in [0.717, 1.165) is 15.4 Å². The van der Waals surface area contributed by atoms with E-state index in [9.17, 15) is 27.0 Å². The standard InChI is InChI=1S/C19H23NO6S2/c1-12-7-14(3)19(8-13(12)2)28(25,26)20(15-5-4-6-16(21)9-15)17-10-27(23,24)11-18(17)22/h4-9,17-18,21-22H,10-11H2,1-3H3/t17-,18-/m0/s1. The molecule has 2 aromatic carbocycles. The number of hydrogen-bond donors (Lipinski definition) is 2. The molecule has 0 saturated carbocycles. The van der Waals surface area contributed by atoms with E-state index in [1.165, 1.54) is 24.3 Å². The summed E-state index contributed by atoms with van der Waals surface area (Å²) in [5.41, 5.74) is 2.32. The van der Waals surface area contributed by atoms with Gasteiger partial charge in [-0.25, -0.2) is 16.8 Å². The van der Waals surface area contributed by atoms with Crippen LogP contribution >= 0.6 is 0 Å². The lowest BCUT2D eigenvalue weighted by Gasteiger charge is -2.32. The summed E-state index contributed by atoms with van der Waals surface area (Å²) in [5, 5.41) is 20.2. The lowest BCUT2D eigenvalue weighted by atomic mass is 10.1. The maximum absolute atomic E-state index is 13.6. The van der Waals surface area contributed by atoms with Crippen molar-refractivity contribution in [1.29, 1.82) is 0 Å². The number of sulfonamides is 1. The van der Waals surface area contributed by atoms with Crippen molar-refractivity contribution in [1.82, 2.24) is 0 Å². The van der Waals surface area contributed by atoms with Gasteiger partial charge in [0.1, 0.15) is 5.75 Å². The zero-order valence-electron chi connectivity index (χ0n) is 15.8. The highest BCUT2D eigenvalue weighted by Crippen LogP contribution is 2.34. The van der Waals surface area contributed by atoms with E-state index in [1.54, 1.807) is 26.0 Å². The van der Waals surface area contributed by atoms with Gasteiger partial charge in [0.25, 0.3) is 10.0 Å². The van der Waals surface area contributed by atoms with Gasteiger partial charge in [-0.2, -0.15) is 0 Å². The van der Waals surface area contributed by atoms with Crippen LogP contribution in [0.25, 0.3) is 0 Å². The van der Waals surface area contributed by atoms with Crippen molar-refractivity contribution in [3.05, 3.63) is 53.1 Å². The summed E-state index contributed by atoms with van der Waals surface area (Å²) in [6, 6.07) is 7.68. The molecule has 1 fully saturated rings. The highest BCUT2D eigenvalue weighted by atomic mass is 32.2. The molecule has 0 amide bonds. The number of anilines is 1. The Balaban J connectivity index is 2.23. The fraction of sp³-hybridized carbons (Fsp3) is 0.368. The largest absolute Gasteiger partial charge is 0.508 e. The minimum atomic E-state index is -4.21. The first-order chi connectivity index (χ1) is 12.9. The molecule has 1 heterocycles. The minimum absolute atomic E-state index is 0.0374. The monoisotopic (exact) mass is 425 g/mol. The Morgan fingerprint density at radius 3 is 2.21 bits per heavy atom. The summed E-state index contributed by atoms with van der Waals surface area (Å²) >= 11 is 0. The average Bonchev–Trinajstić information content (AvgIpc) is 2.83. The van der Waals surface area contributed by atoms with E-state index < -0.39 is 43.5 Å². The van der Waals surface area contributed by atoms with E-state index in [1.807, 2.05) is 6.92 Å². The lowest BCUT2D eigenvalue weighted by Crippen LogP contribution is -2.47. The second-order valence-electron chi connectivity index (χ2n) is 7.23. The predicted octanol–water partition coefficient (Wildman–Crippen LogP) is 1.67. The summed E-state index contributed by atoms with van der Waals surface area (Å²) in [6.45, 7) is 5.34. The van der Waals surface area contributed by atoms with Crippen LogP contribution in [0.2, 0.25) is 0 Å². The topological polar surface area (TPSA) is 112 Å². The normalized spacial score (nSPS) is 21.6. The molecule has 152 valence electrons. The number of sulfone groups is 1. The van der Waals surface area contributed by atoms with Gasteiger partial charge in [0.05, 0.1) is 34.2 Å². The molecular weight excluding hydrogens is 402 g/mol. The zero-order chi connectivity index (χ0) is 20.9. The first kappa shape index (κ1) is 20.6. The molecule has 0 unspecified atom stereocenters. The van der Waals surface area contributed by atoms with E-state index in [4.69, 9.17) is 0 Å². The maximum Gasteiger partial charge on any atom is 0.264 e. The molecule has 1 aliphatic heterocycles. The van der Waals surface area contributed by atoms with Crippen molar-refractivity contribution < 1.29 is 27.0 Å². The highest BCUT2D eigenvalue weighted by molar-refractivity contribution is 7.93. The van der Waals surface area contributed by atoms with Gasteiger partial charge in [-0.3, -0.25) is 4.31 Å². The molecule has 0 aliphatic carbocycles. The summed E-state index contributed by atoms with van der Waals surface area (Å²) in [5.74, 6) is -1.16. The van der Waals surface area contributed by atoms with Crippen LogP contribution in [0.1, 0.15) is 16.7 Å². The predicted molar refractivity (Wildman–Crippen MR) is 107 cm³/mol. The first-order valence-electron chi connectivity index (χ1n) is 8.72. The molecule has 9 heteroatoms. The van der Waals surface area contributed by atoms with E-state index in [2.05, 4.69) is 0 Å². The smallest absolute Gasteiger partial charge is 0.264 e. The average molecular weight is 426 g/mol. The number of benzene rings is 2. The Kier molecular flexibility index (Phi) is 5.20. The second-order valence-corrected chi connectivity index (χ2v) is 11.2. The number of aromatic hydroxyl groups is 1. The number of rotatable bonds is 4. The number of nitrogens with zero attached hydrogens (tertiary/aromatic N) is 1. The van der Waals surface area contributed by atoms with Gasteiger partial charge in [-0.1, -0.05) is 12.1 Å². The van der Waals surface area contributed by atoms with Gasteiger partial charge in [-0.05, 0) is 55.7 Å². The quantitative estimate of drug-likeness (QED) is 0.771. The molecule has 2 N–H and O–H groups in total. The Morgan fingerprint density at radius 2 is 1.64 bits per heavy atom. The third-order valence-corrected chi connectivity index (χ3v) is 8.70. The van der Waals surface area contributed by atoms with Crippen LogP contribution in [0.5, 0.6) is 5.75 Å². The molecule has 0 spiro atoms. The summed E-state index contributed by atoms with van der Waals surface area (Å²) < 4.78 is 52.3.